The number of hydrogen-bond acceptors (Lipinski definition) is 6. The Labute approximate surface area is 192 Å². The summed E-state index contributed by atoms with van der Waals surface area (Å²) in [6.45, 7) is 4.81. The molecule has 3 aromatic rings. The van der Waals surface area contributed by atoms with Crippen molar-refractivity contribution < 1.29 is 13.2 Å². The number of aromatic nitrogens is 1. The Balaban J connectivity index is 1.29. The van der Waals surface area contributed by atoms with E-state index in [9.17, 15) is 13.2 Å². The summed E-state index contributed by atoms with van der Waals surface area (Å²) in [6.07, 6.45) is 1.70. The molecule has 2 aromatic carbocycles. The minimum atomic E-state index is -3.57. The lowest BCUT2D eigenvalue weighted by molar-refractivity contribution is -0.125. The Morgan fingerprint density at radius 3 is 2.50 bits per heavy atom. The number of anilines is 1. The lowest BCUT2D eigenvalue weighted by atomic mass is 10.1. The topological polar surface area (TPSA) is 82.6 Å². The maximum atomic E-state index is 12.7. The third-order valence-electron chi connectivity index (χ3n) is 5.54. The third-order valence-corrected chi connectivity index (χ3v) is 7.49. The molecule has 9 heteroatoms. The van der Waals surface area contributed by atoms with Gasteiger partial charge >= 0.3 is 0 Å². The molecule has 4 rings (SSSR count). The number of carbonyl (C=O) groups is 1. The van der Waals surface area contributed by atoms with Gasteiger partial charge in [0.1, 0.15) is 0 Å². The van der Waals surface area contributed by atoms with Crippen molar-refractivity contribution in [3.05, 3.63) is 65.4 Å². The van der Waals surface area contributed by atoms with Crippen LogP contribution >= 0.6 is 11.6 Å². The van der Waals surface area contributed by atoms with Gasteiger partial charge in [-0.05, 0) is 54.1 Å². The summed E-state index contributed by atoms with van der Waals surface area (Å²) in [5.74, 6) is -0.539. The zero-order chi connectivity index (χ0) is 22.7. The maximum Gasteiger partial charge on any atom is 0.235 e. The summed E-state index contributed by atoms with van der Waals surface area (Å²) in [5.41, 5.74) is 4.92. The van der Waals surface area contributed by atoms with Gasteiger partial charge in [0.2, 0.25) is 5.91 Å². The zero-order valence-electron chi connectivity index (χ0n) is 17.8. The molecule has 1 amide bonds. The number of carbonyl (C=O) groups excluding carboxylic acids is 1. The van der Waals surface area contributed by atoms with E-state index in [1.807, 2.05) is 24.1 Å². The average molecular weight is 473 g/mol. The molecule has 1 saturated heterocycles. The highest BCUT2D eigenvalue weighted by atomic mass is 35.5. The normalized spacial score (nSPS) is 15.1. The third kappa shape index (κ3) is 5.38. The summed E-state index contributed by atoms with van der Waals surface area (Å²) >= 11 is 5.99. The second-order valence-electron chi connectivity index (χ2n) is 7.89. The average Bonchev–Trinajstić information content (AvgIpc) is 2.78. The first-order valence-electron chi connectivity index (χ1n) is 10.4. The van der Waals surface area contributed by atoms with Crippen molar-refractivity contribution >= 4 is 43.8 Å². The number of nitrogens with one attached hydrogen (secondary N) is 1. The molecule has 0 atom stereocenters. The van der Waals surface area contributed by atoms with Gasteiger partial charge in [-0.1, -0.05) is 23.7 Å². The Kier molecular flexibility index (Phi) is 6.64. The van der Waals surface area contributed by atoms with E-state index in [1.54, 1.807) is 42.6 Å². The number of sulfone groups is 1. The van der Waals surface area contributed by atoms with Crippen LogP contribution in [0.2, 0.25) is 5.02 Å². The molecule has 168 valence electrons. The van der Waals surface area contributed by atoms with Crippen molar-refractivity contribution in [3.63, 3.8) is 0 Å². The quantitative estimate of drug-likeness (QED) is 0.593. The van der Waals surface area contributed by atoms with Crippen LogP contribution in [0.3, 0.4) is 0 Å². The molecular formula is C23H25ClN4O3S. The van der Waals surface area contributed by atoms with Crippen molar-refractivity contribution in [1.29, 1.82) is 0 Å². The van der Waals surface area contributed by atoms with Crippen molar-refractivity contribution in [2.24, 2.45) is 0 Å². The Bertz CT molecular complexity index is 1240. The smallest absolute Gasteiger partial charge is 0.235 e. The van der Waals surface area contributed by atoms with Gasteiger partial charge in [-0.2, -0.15) is 0 Å². The Morgan fingerprint density at radius 2 is 1.75 bits per heavy atom. The number of halogens is 1. The van der Waals surface area contributed by atoms with Crippen LogP contribution in [0.4, 0.5) is 5.69 Å². The molecular weight excluding hydrogens is 448 g/mol. The van der Waals surface area contributed by atoms with E-state index >= 15 is 0 Å². The molecule has 32 heavy (non-hydrogen) atoms. The molecule has 0 aliphatic carbocycles. The van der Waals surface area contributed by atoms with E-state index < -0.39 is 9.84 Å². The number of amides is 1. The van der Waals surface area contributed by atoms with Gasteiger partial charge in [-0.15, -0.1) is 0 Å². The van der Waals surface area contributed by atoms with Crippen LogP contribution in [-0.2, 0) is 14.6 Å². The predicted molar refractivity (Wildman–Crippen MR) is 127 cm³/mol. The van der Waals surface area contributed by atoms with Gasteiger partial charge in [-0.25, -0.2) is 13.4 Å². The van der Waals surface area contributed by atoms with Crippen LogP contribution in [0.25, 0.3) is 10.8 Å². The van der Waals surface area contributed by atoms with Gasteiger partial charge in [0.25, 0.3) is 0 Å². The first kappa shape index (κ1) is 22.5. The highest BCUT2D eigenvalue weighted by Gasteiger charge is 2.21. The molecule has 1 aliphatic rings. The van der Waals surface area contributed by atoms with Gasteiger partial charge in [0.05, 0.1) is 10.6 Å². The molecule has 1 aliphatic heterocycles. The molecule has 0 spiro atoms. The molecule has 0 bridgehead atoms. The number of hydrogen-bond donors (Lipinski definition) is 1. The maximum absolute atomic E-state index is 12.7. The highest BCUT2D eigenvalue weighted by molar-refractivity contribution is 7.91. The zero-order valence-corrected chi connectivity index (χ0v) is 19.4. The van der Waals surface area contributed by atoms with Gasteiger partial charge in [-0.3, -0.25) is 15.2 Å². The van der Waals surface area contributed by atoms with E-state index in [4.69, 9.17) is 11.6 Å². The van der Waals surface area contributed by atoms with E-state index in [1.165, 1.54) is 0 Å². The second kappa shape index (κ2) is 9.44. The largest absolute Gasteiger partial charge is 0.369 e. The van der Waals surface area contributed by atoms with E-state index in [0.717, 1.165) is 35.2 Å². The standard InChI is InChI=1S/C23H25ClN4O3S/c1-17-14-21(6-8-25-17)27-9-11-28(12-10-27)26-23(29)7-13-32(30,31)22-5-3-18-15-20(24)4-2-19(18)16-22/h2-6,8,14-16H,7,9-13H2,1H3,(H,26,29). The minimum absolute atomic E-state index is 0.0925. The number of benzene rings is 2. The Morgan fingerprint density at radius 1 is 1.03 bits per heavy atom. The Hall–Kier alpha value is -2.68. The highest BCUT2D eigenvalue weighted by Crippen LogP contribution is 2.23. The summed E-state index contributed by atoms with van der Waals surface area (Å²) in [5, 5.41) is 4.11. The molecule has 0 saturated carbocycles. The van der Waals surface area contributed by atoms with Crippen molar-refractivity contribution in [2.75, 3.05) is 36.8 Å². The summed E-state index contributed by atoms with van der Waals surface area (Å²) in [6, 6.07) is 14.2. The fourth-order valence-electron chi connectivity index (χ4n) is 3.77. The van der Waals surface area contributed by atoms with E-state index in [-0.39, 0.29) is 23.0 Å². The van der Waals surface area contributed by atoms with Gasteiger partial charge < -0.3 is 4.90 Å². The SMILES string of the molecule is Cc1cc(N2CCN(NC(=O)CCS(=O)(=O)c3ccc4cc(Cl)ccc4c3)CC2)ccn1. The van der Waals surface area contributed by atoms with Gasteiger partial charge in [0.15, 0.2) is 9.84 Å². The summed E-state index contributed by atoms with van der Waals surface area (Å²) < 4.78 is 25.5. The van der Waals surface area contributed by atoms with E-state index in [2.05, 4.69) is 15.3 Å². The number of fused-ring (bicyclic) bond motifs is 1. The lowest BCUT2D eigenvalue weighted by Crippen LogP contribution is -2.53. The van der Waals surface area contributed by atoms with Crippen LogP contribution < -0.4 is 10.3 Å². The predicted octanol–water partition coefficient (Wildman–Crippen LogP) is 3.21. The summed E-state index contributed by atoms with van der Waals surface area (Å²) in [7, 11) is -3.57. The molecule has 1 fully saturated rings. The van der Waals surface area contributed by atoms with Crippen LogP contribution in [0.1, 0.15) is 12.1 Å². The fourth-order valence-corrected chi connectivity index (χ4v) is 5.22. The number of nitrogens with zero attached hydrogens (tertiary/aromatic N) is 3. The number of rotatable bonds is 6. The minimum Gasteiger partial charge on any atom is -0.369 e. The molecule has 0 unspecified atom stereocenters. The fraction of sp³-hybridized carbons (Fsp3) is 0.304. The summed E-state index contributed by atoms with van der Waals surface area (Å²) in [4.78, 5) is 19.1. The van der Waals surface area contributed by atoms with Crippen molar-refractivity contribution in [2.45, 2.75) is 18.2 Å². The molecule has 1 N–H and O–H groups in total. The number of pyridine rings is 1. The number of aryl methyl sites for hydroxylation is 1. The van der Waals surface area contributed by atoms with Crippen LogP contribution in [-0.4, -0.2) is 56.2 Å². The first-order valence-corrected chi connectivity index (χ1v) is 12.5. The van der Waals surface area contributed by atoms with Crippen molar-refractivity contribution in [3.8, 4) is 0 Å². The first-order chi connectivity index (χ1) is 15.3. The molecule has 0 radical (unpaired) electrons. The van der Waals surface area contributed by atoms with Gasteiger partial charge in [0, 0.05) is 55.2 Å². The van der Waals surface area contributed by atoms with Crippen LogP contribution in [0, 0.1) is 6.92 Å². The number of piperazine rings is 1. The second-order valence-corrected chi connectivity index (χ2v) is 10.4. The van der Waals surface area contributed by atoms with Crippen molar-refractivity contribution in [1.82, 2.24) is 15.4 Å². The van der Waals surface area contributed by atoms with E-state index in [0.29, 0.717) is 18.1 Å². The molecule has 7 nitrogen and oxygen atoms in total. The monoisotopic (exact) mass is 472 g/mol. The van der Waals surface area contributed by atoms with Crippen LogP contribution in [0.15, 0.2) is 59.6 Å². The van der Waals surface area contributed by atoms with Crippen LogP contribution in [0.5, 0.6) is 0 Å². The molecule has 1 aromatic heterocycles. The lowest BCUT2D eigenvalue weighted by Gasteiger charge is -2.36. The number of hydrazine groups is 1. The molecule has 2 heterocycles.